The van der Waals surface area contributed by atoms with Crippen molar-refractivity contribution in [2.75, 3.05) is 24.7 Å². The van der Waals surface area contributed by atoms with Crippen molar-refractivity contribution in [1.29, 1.82) is 0 Å². The fourth-order valence-corrected chi connectivity index (χ4v) is 5.47. The zero-order valence-corrected chi connectivity index (χ0v) is 22.0. The molecule has 0 saturated heterocycles. The van der Waals surface area contributed by atoms with Gasteiger partial charge in [0.1, 0.15) is 5.75 Å². The Bertz CT molecular complexity index is 1330. The summed E-state index contributed by atoms with van der Waals surface area (Å²) < 4.78 is 12.2. The minimum atomic E-state index is -1.22. The average molecular weight is 539 g/mol. The second-order valence-corrected chi connectivity index (χ2v) is 10.1. The summed E-state index contributed by atoms with van der Waals surface area (Å²) in [5.41, 5.74) is 2.13. The highest BCUT2D eigenvalue weighted by Crippen LogP contribution is 2.49. The molecule has 8 heteroatoms. The van der Waals surface area contributed by atoms with Crippen LogP contribution in [0.2, 0.25) is 10.0 Å². The molecule has 5 rings (SSSR count). The van der Waals surface area contributed by atoms with Gasteiger partial charge in [0.15, 0.2) is 11.6 Å². The number of carbonyl (C=O) groups excluding carboxylic acids is 1. The van der Waals surface area contributed by atoms with Crippen LogP contribution in [0, 0.1) is 0 Å². The Labute approximate surface area is 226 Å². The average Bonchev–Trinajstić information content (AvgIpc) is 3.27. The molecular formula is C29H28Cl2N2O4. The first kappa shape index (κ1) is 25.6. The van der Waals surface area contributed by atoms with Crippen LogP contribution in [-0.2, 0) is 16.0 Å². The number of anilines is 1. The SMILES string of the molecule is CCCN1C(=O)[C@@]2(Cc3ccccc31)N=C(c1ccc(OCCCO)cc1)O[C@H]2c1ccc(Cl)cc1Cl. The van der Waals surface area contributed by atoms with Gasteiger partial charge >= 0.3 is 0 Å². The van der Waals surface area contributed by atoms with E-state index in [1.807, 2.05) is 59.5 Å². The maximum absolute atomic E-state index is 14.3. The molecule has 1 N–H and O–H groups in total. The van der Waals surface area contributed by atoms with Crippen LogP contribution in [0.1, 0.15) is 42.6 Å². The number of para-hydroxylation sites is 1. The second-order valence-electron chi connectivity index (χ2n) is 9.22. The van der Waals surface area contributed by atoms with Crippen LogP contribution in [-0.4, -0.2) is 42.2 Å². The smallest absolute Gasteiger partial charge is 0.259 e. The fraction of sp³-hybridized carbons (Fsp3) is 0.310. The molecule has 2 aliphatic rings. The van der Waals surface area contributed by atoms with E-state index in [0.717, 1.165) is 23.2 Å². The summed E-state index contributed by atoms with van der Waals surface area (Å²) in [5, 5.41) is 9.91. The molecule has 0 aliphatic carbocycles. The van der Waals surface area contributed by atoms with Crippen LogP contribution in [0.5, 0.6) is 5.75 Å². The Hall–Kier alpha value is -3.06. The molecule has 1 spiro atoms. The highest BCUT2D eigenvalue weighted by molar-refractivity contribution is 6.35. The summed E-state index contributed by atoms with van der Waals surface area (Å²) in [4.78, 5) is 21.1. The van der Waals surface area contributed by atoms with Crippen LogP contribution < -0.4 is 9.64 Å². The number of carbonyl (C=O) groups is 1. The van der Waals surface area contributed by atoms with Crippen LogP contribution in [0.4, 0.5) is 5.69 Å². The van der Waals surface area contributed by atoms with Crippen molar-refractivity contribution < 1.29 is 19.4 Å². The van der Waals surface area contributed by atoms with Crippen molar-refractivity contribution in [2.45, 2.75) is 37.8 Å². The molecule has 0 aromatic heterocycles. The molecule has 0 fully saturated rings. The highest BCUT2D eigenvalue weighted by Gasteiger charge is 2.57. The highest BCUT2D eigenvalue weighted by atomic mass is 35.5. The van der Waals surface area contributed by atoms with E-state index in [0.29, 0.717) is 53.2 Å². The third-order valence-corrected chi connectivity index (χ3v) is 7.25. The molecule has 192 valence electrons. The zero-order chi connectivity index (χ0) is 26.0. The molecule has 3 aromatic rings. The van der Waals surface area contributed by atoms with Crippen molar-refractivity contribution in [2.24, 2.45) is 4.99 Å². The van der Waals surface area contributed by atoms with E-state index in [2.05, 4.69) is 6.92 Å². The first-order valence-electron chi connectivity index (χ1n) is 12.4. The molecular weight excluding hydrogens is 511 g/mol. The molecule has 2 atom stereocenters. The van der Waals surface area contributed by atoms with Crippen LogP contribution >= 0.6 is 23.2 Å². The number of rotatable bonds is 8. The molecule has 2 heterocycles. The largest absolute Gasteiger partial charge is 0.494 e. The minimum absolute atomic E-state index is 0.0751. The fourth-order valence-electron chi connectivity index (χ4n) is 4.96. The number of fused-ring (bicyclic) bond motifs is 1. The van der Waals surface area contributed by atoms with E-state index in [1.165, 1.54) is 0 Å². The lowest BCUT2D eigenvalue weighted by Gasteiger charge is -2.41. The van der Waals surface area contributed by atoms with Gasteiger partial charge in [0.2, 0.25) is 5.90 Å². The number of amides is 1. The van der Waals surface area contributed by atoms with Crippen LogP contribution in [0.25, 0.3) is 0 Å². The number of hydrogen-bond donors (Lipinski definition) is 1. The summed E-state index contributed by atoms with van der Waals surface area (Å²) in [7, 11) is 0. The van der Waals surface area contributed by atoms with E-state index in [9.17, 15) is 4.79 Å². The minimum Gasteiger partial charge on any atom is -0.494 e. The van der Waals surface area contributed by atoms with Gasteiger partial charge in [0, 0.05) is 52.9 Å². The topological polar surface area (TPSA) is 71.4 Å². The number of aliphatic hydroxyl groups is 1. The van der Waals surface area contributed by atoms with E-state index >= 15 is 0 Å². The van der Waals surface area contributed by atoms with Crippen molar-refractivity contribution in [3.05, 3.63) is 93.5 Å². The summed E-state index contributed by atoms with van der Waals surface area (Å²) >= 11 is 12.8. The quantitative estimate of drug-likeness (QED) is 0.356. The van der Waals surface area contributed by atoms with Gasteiger partial charge in [-0.15, -0.1) is 0 Å². The van der Waals surface area contributed by atoms with Gasteiger partial charge in [0.05, 0.1) is 6.61 Å². The maximum atomic E-state index is 14.3. The standard InChI is InChI=1S/C29H28Cl2N2O4/c1-2-14-33-25-7-4-3-6-20(25)18-29(28(33)35)26(23-13-10-21(30)17-24(23)31)37-27(32-29)19-8-11-22(12-9-19)36-16-5-15-34/h3-4,6-13,17,26,34H,2,5,14-16,18H2,1H3/t26-,29-/m0/s1. The number of nitrogens with zero attached hydrogens (tertiary/aromatic N) is 2. The third kappa shape index (κ3) is 4.81. The third-order valence-electron chi connectivity index (χ3n) is 6.69. The first-order valence-corrected chi connectivity index (χ1v) is 13.2. The Kier molecular flexibility index (Phi) is 7.43. The molecule has 6 nitrogen and oxygen atoms in total. The number of benzene rings is 3. The molecule has 37 heavy (non-hydrogen) atoms. The Morgan fingerprint density at radius 1 is 1.14 bits per heavy atom. The monoisotopic (exact) mass is 538 g/mol. The van der Waals surface area contributed by atoms with Gasteiger partial charge in [-0.1, -0.05) is 54.4 Å². The molecule has 0 unspecified atom stereocenters. The predicted octanol–water partition coefficient (Wildman–Crippen LogP) is 6.01. The lowest BCUT2D eigenvalue weighted by atomic mass is 9.78. The lowest BCUT2D eigenvalue weighted by Crippen LogP contribution is -2.55. The maximum Gasteiger partial charge on any atom is 0.259 e. The Morgan fingerprint density at radius 2 is 1.92 bits per heavy atom. The molecule has 0 saturated carbocycles. The predicted molar refractivity (Wildman–Crippen MR) is 146 cm³/mol. The summed E-state index contributed by atoms with van der Waals surface area (Å²) in [6.07, 6.45) is 1.02. The molecule has 3 aromatic carbocycles. The van der Waals surface area contributed by atoms with Gasteiger partial charge in [-0.25, -0.2) is 4.99 Å². The van der Waals surface area contributed by atoms with Gasteiger partial charge in [-0.05, 0) is 54.4 Å². The van der Waals surface area contributed by atoms with Gasteiger partial charge < -0.3 is 19.5 Å². The van der Waals surface area contributed by atoms with E-state index < -0.39 is 11.6 Å². The van der Waals surface area contributed by atoms with Gasteiger partial charge in [-0.3, -0.25) is 4.79 Å². The summed E-state index contributed by atoms with van der Waals surface area (Å²) in [5.74, 6) is 0.949. The number of aliphatic hydroxyl groups excluding tert-OH is 1. The van der Waals surface area contributed by atoms with E-state index in [1.54, 1.807) is 12.1 Å². The number of aliphatic imine (C=N–C) groups is 1. The van der Waals surface area contributed by atoms with Crippen LogP contribution in [0.3, 0.4) is 0 Å². The van der Waals surface area contributed by atoms with Gasteiger partial charge in [0.25, 0.3) is 5.91 Å². The normalized spacial score (nSPS) is 20.5. The first-order chi connectivity index (χ1) is 18.0. The molecule has 1 amide bonds. The summed E-state index contributed by atoms with van der Waals surface area (Å²) in [6.45, 7) is 3.12. The zero-order valence-electron chi connectivity index (χ0n) is 20.5. The lowest BCUT2D eigenvalue weighted by molar-refractivity contribution is -0.126. The molecule has 0 bridgehead atoms. The number of ether oxygens (including phenoxy) is 2. The van der Waals surface area contributed by atoms with Gasteiger partial charge in [-0.2, -0.15) is 0 Å². The van der Waals surface area contributed by atoms with Crippen molar-refractivity contribution in [1.82, 2.24) is 0 Å². The Morgan fingerprint density at radius 3 is 2.65 bits per heavy atom. The Balaban J connectivity index is 1.59. The van der Waals surface area contributed by atoms with Crippen molar-refractivity contribution in [3.63, 3.8) is 0 Å². The number of halogens is 2. The van der Waals surface area contributed by atoms with E-state index in [-0.39, 0.29) is 12.5 Å². The molecule has 0 radical (unpaired) electrons. The van der Waals surface area contributed by atoms with Crippen molar-refractivity contribution >= 4 is 40.7 Å². The number of hydrogen-bond acceptors (Lipinski definition) is 5. The summed E-state index contributed by atoms with van der Waals surface area (Å²) in [6, 6.07) is 20.6. The second kappa shape index (κ2) is 10.7. The van der Waals surface area contributed by atoms with Crippen molar-refractivity contribution in [3.8, 4) is 5.75 Å². The van der Waals surface area contributed by atoms with E-state index in [4.69, 9.17) is 42.8 Å². The van der Waals surface area contributed by atoms with Crippen LogP contribution in [0.15, 0.2) is 71.7 Å². The molecule has 2 aliphatic heterocycles.